The maximum Gasteiger partial charge on any atom is 0.261 e. The molecule has 0 radical (unpaired) electrons. The predicted molar refractivity (Wildman–Crippen MR) is 32.4 cm³/mol. The van der Waals surface area contributed by atoms with E-state index >= 15 is 0 Å². The molecule has 0 aromatic carbocycles. The molecule has 0 aliphatic heterocycles. The average molecular weight is 144 g/mol. The summed E-state index contributed by atoms with van der Waals surface area (Å²) in [4.78, 5) is 0. The molecule has 0 spiro atoms. The highest BCUT2D eigenvalue weighted by atomic mass is 32.2. The Kier molecular flexibility index (Phi) is 6.49. The Bertz CT molecular complexity index is 94.1. The third-order valence-electron chi connectivity index (χ3n) is 0. The third-order valence-corrected chi connectivity index (χ3v) is 0. The monoisotopic (exact) mass is 144 g/mol. The zero-order valence-corrected chi connectivity index (χ0v) is 5.83. The van der Waals surface area contributed by atoms with Crippen molar-refractivity contribution in [3.63, 3.8) is 0 Å². The molecule has 0 fully saturated rings. The van der Waals surface area contributed by atoms with Crippen LogP contribution in [0.5, 0.6) is 0 Å². The van der Waals surface area contributed by atoms with Gasteiger partial charge in [-0.3, -0.25) is 4.55 Å². The molecule has 0 aliphatic carbocycles. The highest BCUT2D eigenvalue weighted by molar-refractivity contribution is 7.85. The van der Waals surface area contributed by atoms with E-state index < -0.39 is 10.1 Å². The first-order valence-corrected chi connectivity index (χ1v) is 4.11. The van der Waals surface area contributed by atoms with Crippen LogP contribution in [0, 0.1) is 0 Å². The Labute approximate surface area is 48.9 Å². The van der Waals surface area contributed by atoms with Gasteiger partial charge in [-0.1, -0.05) is 0 Å². The van der Waals surface area contributed by atoms with Crippen molar-refractivity contribution in [2.24, 2.45) is 0 Å². The van der Waals surface area contributed by atoms with E-state index in [4.69, 9.17) is 4.55 Å². The fourth-order valence-electron chi connectivity index (χ4n) is 0. The van der Waals surface area contributed by atoms with Crippen LogP contribution in [0.4, 0.5) is 0 Å². The van der Waals surface area contributed by atoms with Crippen LogP contribution in [0.3, 0.4) is 0 Å². The average Bonchev–Trinajstić information content (AvgIpc) is 1.36. The van der Waals surface area contributed by atoms with E-state index in [-0.39, 0.29) is 0 Å². The van der Waals surface area contributed by atoms with Crippen LogP contribution >= 0.6 is 12.6 Å². The van der Waals surface area contributed by atoms with E-state index in [0.717, 1.165) is 0 Å². The van der Waals surface area contributed by atoms with E-state index in [9.17, 15) is 8.42 Å². The second kappa shape index (κ2) is 4.42. The van der Waals surface area contributed by atoms with Crippen molar-refractivity contribution in [2.45, 2.75) is 0 Å². The molecule has 0 aromatic rings. The largest absolute Gasteiger partial charge is 0.286 e. The summed E-state index contributed by atoms with van der Waals surface area (Å²) in [5.41, 5.74) is 0. The van der Waals surface area contributed by atoms with Crippen molar-refractivity contribution in [3.05, 3.63) is 0 Å². The van der Waals surface area contributed by atoms with Crippen LogP contribution in [0.2, 0.25) is 0 Å². The number of thiol groups is 1. The van der Waals surface area contributed by atoms with Gasteiger partial charge in [0.25, 0.3) is 10.1 Å². The second-order valence-corrected chi connectivity index (χ2v) is 2.20. The molecule has 0 aliphatic rings. The lowest BCUT2D eigenvalue weighted by atomic mass is 12.0. The van der Waals surface area contributed by atoms with Crippen LogP contribution in [-0.2, 0) is 10.1 Å². The van der Waals surface area contributed by atoms with Gasteiger partial charge < -0.3 is 0 Å². The van der Waals surface area contributed by atoms with Crippen molar-refractivity contribution < 1.29 is 13.0 Å². The van der Waals surface area contributed by atoms with Gasteiger partial charge in [-0.15, -0.1) is 0 Å². The minimum absolute atomic E-state index is 0.715. The van der Waals surface area contributed by atoms with Gasteiger partial charge in [0, 0.05) is 0 Å². The van der Waals surface area contributed by atoms with Crippen molar-refractivity contribution in [1.29, 1.82) is 0 Å². The Morgan fingerprint density at radius 2 is 1.43 bits per heavy atom. The van der Waals surface area contributed by atoms with Crippen molar-refractivity contribution in [3.8, 4) is 0 Å². The molecule has 1 N–H and O–H groups in total. The van der Waals surface area contributed by atoms with E-state index in [1.807, 2.05) is 0 Å². The van der Waals surface area contributed by atoms with Gasteiger partial charge in [0.2, 0.25) is 0 Å². The van der Waals surface area contributed by atoms with Crippen molar-refractivity contribution in [1.82, 2.24) is 0 Å². The fraction of sp³-hybridized carbons (Fsp3) is 1.00. The highest BCUT2D eigenvalue weighted by Crippen LogP contribution is 1.60. The first kappa shape index (κ1) is 10.3. The topological polar surface area (TPSA) is 54.4 Å². The Hall–Kier alpha value is 0.260. The van der Waals surface area contributed by atoms with Gasteiger partial charge in [0.05, 0.1) is 6.26 Å². The fourth-order valence-corrected chi connectivity index (χ4v) is 0. The molecule has 0 unspecified atom stereocenters. The molecular weight excluding hydrogens is 136 g/mol. The maximum absolute atomic E-state index is 9.19. The molecule has 5 heteroatoms. The Balaban J connectivity index is 0. The maximum atomic E-state index is 9.19. The smallest absolute Gasteiger partial charge is 0.261 e. The van der Waals surface area contributed by atoms with E-state index in [1.165, 1.54) is 0 Å². The molecule has 0 saturated carbocycles. The van der Waals surface area contributed by atoms with Crippen molar-refractivity contribution >= 4 is 22.7 Å². The summed E-state index contributed by atoms with van der Waals surface area (Å²) < 4.78 is 25.9. The normalized spacial score (nSPS) is 9.14. The first-order valence-electron chi connectivity index (χ1n) is 1.37. The quantitative estimate of drug-likeness (QED) is 0.373. The van der Waals surface area contributed by atoms with E-state index in [2.05, 4.69) is 12.6 Å². The SMILES string of the molecule is CS.CS(=O)(=O)O. The van der Waals surface area contributed by atoms with Crippen LogP contribution < -0.4 is 0 Å². The van der Waals surface area contributed by atoms with Gasteiger partial charge in [0.15, 0.2) is 0 Å². The van der Waals surface area contributed by atoms with E-state index in [1.54, 1.807) is 6.26 Å². The van der Waals surface area contributed by atoms with Crippen LogP contribution in [0.25, 0.3) is 0 Å². The minimum atomic E-state index is -3.67. The molecule has 0 rings (SSSR count). The minimum Gasteiger partial charge on any atom is -0.286 e. The van der Waals surface area contributed by atoms with Gasteiger partial charge in [-0.25, -0.2) is 0 Å². The lowest BCUT2D eigenvalue weighted by Gasteiger charge is -1.69. The van der Waals surface area contributed by atoms with Gasteiger partial charge in [-0.2, -0.15) is 21.0 Å². The van der Waals surface area contributed by atoms with Gasteiger partial charge >= 0.3 is 0 Å². The summed E-state index contributed by atoms with van der Waals surface area (Å²) >= 11 is 3.53. The van der Waals surface area contributed by atoms with Gasteiger partial charge in [-0.05, 0) is 6.26 Å². The summed E-state index contributed by atoms with van der Waals surface area (Å²) in [6.45, 7) is 0. The number of hydrogen-bond acceptors (Lipinski definition) is 3. The molecule has 0 amide bonds. The first-order chi connectivity index (χ1) is 3.00. The summed E-state index contributed by atoms with van der Waals surface area (Å²) in [5, 5.41) is 0. The zero-order chi connectivity index (χ0) is 6.50. The third kappa shape index (κ3) is 1680. The predicted octanol–water partition coefficient (Wildman–Crippen LogP) is 0.0500. The zero-order valence-electron chi connectivity index (χ0n) is 4.12. The summed E-state index contributed by atoms with van der Waals surface area (Å²) in [6.07, 6.45) is 2.41. The number of hydrogen-bond donors (Lipinski definition) is 2. The lowest BCUT2D eigenvalue weighted by Crippen LogP contribution is -1.88. The molecule has 0 heterocycles. The lowest BCUT2D eigenvalue weighted by molar-refractivity contribution is 0.490. The molecule has 0 aromatic heterocycles. The molecule has 3 nitrogen and oxygen atoms in total. The molecule has 0 bridgehead atoms. The summed E-state index contributed by atoms with van der Waals surface area (Å²) in [7, 11) is -3.67. The van der Waals surface area contributed by atoms with E-state index in [0.29, 0.717) is 6.26 Å². The Morgan fingerprint density at radius 3 is 1.43 bits per heavy atom. The van der Waals surface area contributed by atoms with Crippen molar-refractivity contribution in [2.75, 3.05) is 12.5 Å². The van der Waals surface area contributed by atoms with Crippen LogP contribution in [-0.4, -0.2) is 25.5 Å². The molecular formula is C2H8O3S2. The molecule has 46 valence electrons. The highest BCUT2D eigenvalue weighted by Gasteiger charge is 1.81. The second-order valence-electron chi connectivity index (χ2n) is 0.733. The Morgan fingerprint density at radius 1 is 1.43 bits per heavy atom. The summed E-state index contributed by atoms with van der Waals surface area (Å²) in [5.74, 6) is 0. The molecule has 0 atom stereocenters. The summed E-state index contributed by atoms with van der Waals surface area (Å²) in [6, 6.07) is 0. The molecule has 0 saturated heterocycles. The number of rotatable bonds is 0. The van der Waals surface area contributed by atoms with Gasteiger partial charge in [0.1, 0.15) is 0 Å². The van der Waals surface area contributed by atoms with Crippen LogP contribution in [0.15, 0.2) is 0 Å². The standard InChI is InChI=1S/CH4O3S.CH4S/c1-5(2,3)4;1-2/h1H3,(H,2,3,4);2H,1H3. The van der Waals surface area contributed by atoms with Crippen LogP contribution in [0.1, 0.15) is 0 Å². The molecule has 7 heavy (non-hydrogen) atoms.